The molecule has 0 amide bonds. The van der Waals surface area contributed by atoms with Crippen LogP contribution in [0.1, 0.15) is 0 Å². The van der Waals surface area contributed by atoms with Crippen molar-refractivity contribution in [1.29, 1.82) is 0 Å². The van der Waals surface area contributed by atoms with Crippen molar-refractivity contribution in [2.75, 3.05) is 12.3 Å². The summed E-state index contributed by atoms with van der Waals surface area (Å²) in [5.41, 5.74) is 0. The minimum absolute atomic E-state index is 0.273. The first kappa shape index (κ1) is 15.6. The molecular formula is C11H18O4P2Si+2. The Balaban J connectivity index is 2.86. The third-order valence-electron chi connectivity index (χ3n) is 3.18. The third-order valence-corrected chi connectivity index (χ3v) is 9.67. The van der Waals surface area contributed by atoms with E-state index in [1.165, 1.54) is 5.19 Å². The van der Waals surface area contributed by atoms with Gasteiger partial charge in [0.2, 0.25) is 0 Å². The molecule has 0 fully saturated rings. The summed E-state index contributed by atoms with van der Waals surface area (Å²) < 4.78 is 21.8. The Bertz CT molecular complexity index is 406. The summed E-state index contributed by atoms with van der Waals surface area (Å²) in [5, 5.41) is 1.18. The van der Waals surface area contributed by atoms with E-state index >= 15 is 0 Å². The van der Waals surface area contributed by atoms with Gasteiger partial charge in [-0.3, -0.25) is 0 Å². The lowest BCUT2D eigenvalue weighted by Gasteiger charge is -2.24. The summed E-state index contributed by atoms with van der Waals surface area (Å²) in [6.07, 6.45) is 0.546. The molecule has 98 valence electrons. The van der Waals surface area contributed by atoms with Crippen LogP contribution in [0.2, 0.25) is 18.6 Å². The summed E-state index contributed by atoms with van der Waals surface area (Å²) in [4.78, 5) is 17.9. The van der Waals surface area contributed by atoms with Crippen molar-refractivity contribution in [2.24, 2.45) is 0 Å². The van der Waals surface area contributed by atoms with E-state index in [-0.39, 0.29) is 12.3 Å². The van der Waals surface area contributed by atoms with Crippen molar-refractivity contribution >= 4 is 29.3 Å². The molecule has 1 rings (SSSR count). The van der Waals surface area contributed by atoms with E-state index in [0.717, 1.165) is 0 Å². The SMILES string of the molecule is C[Si](CC[P+](=O)O)(CC[P+](=O)O)c1ccccc1. The minimum atomic E-state index is -2.13. The Labute approximate surface area is 110 Å². The van der Waals surface area contributed by atoms with Crippen molar-refractivity contribution in [1.82, 2.24) is 0 Å². The molecule has 2 N–H and O–H groups in total. The third kappa shape index (κ3) is 5.05. The predicted molar refractivity (Wildman–Crippen MR) is 76.7 cm³/mol. The molecule has 0 aliphatic heterocycles. The highest BCUT2D eigenvalue weighted by Gasteiger charge is 2.34. The molecule has 0 aliphatic carbocycles. The maximum absolute atomic E-state index is 10.9. The van der Waals surface area contributed by atoms with E-state index in [9.17, 15) is 9.13 Å². The van der Waals surface area contributed by atoms with Gasteiger partial charge < -0.3 is 0 Å². The second-order valence-corrected chi connectivity index (χ2v) is 11.6. The van der Waals surface area contributed by atoms with Crippen LogP contribution in [0.5, 0.6) is 0 Å². The molecule has 0 aromatic heterocycles. The maximum Gasteiger partial charge on any atom is 0.505 e. The molecule has 0 saturated heterocycles. The maximum atomic E-state index is 10.9. The van der Waals surface area contributed by atoms with E-state index in [2.05, 4.69) is 6.55 Å². The van der Waals surface area contributed by atoms with Gasteiger partial charge in [0, 0.05) is 0 Å². The van der Waals surface area contributed by atoms with Crippen LogP contribution < -0.4 is 5.19 Å². The first-order chi connectivity index (χ1) is 8.44. The fraction of sp³-hybridized carbons (Fsp3) is 0.455. The smallest absolute Gasteiger partial charge is 0.161 e. The molecule has 0 bridgehead atoms. The van der Waals surface area contributed by atoms with Crippen molar-refractivity contribution < 1.29 is 18.9 Å². The fourth-order valence-corrected chi connectivity index (χ4v) is 9.24. The Morgan fingerprint density at radius 1 is 1.00 bits per heavy atom. The lowest BCUT2D eigenvalue weighted by atomic mass is 10.4. The van der Waals surface area contributed by atoms with Gasteiger partial charge in [0.15, 0.2) is 12.3 Å². The van der Waals surface area contributed by atoms with Gasteiger partial charge in [-0.25, -0.2) is 0 Å². The summed E-state index contributed by atoms with van der Waals surface area (Å²) in [6, 6.07) is 11.2. The average Bonchev–Trinajstić information content (AvgIpc) is 2.35. The van der Waals surface area contributed by atoms with Gasteiger partial charge in [-0.2, -0.15) is 9.79 Å². The Hall–Kier alpha value is -0.443. The molecule has 1 aromatic rings. The first-order valence-electron chi connectivity index (χ1n) is 5.77. The Morgan fingerprint density at radius 2 is 1.44 bits per heavy atom. The molecule has 4 nitrogen and oxygen atoms in total. The van der Waals surface area contributed by atoms with Crippen molar-refractivity contribution in [3.8, 4) is 0 Å². The second kappa shape index (κ2) is 7.22. The number of hydrogen-bond donors (Lipinski definition) is 2. The topological polar surface area (TPSA) is 74.6 Å². The van der Waals surface area contributed by atoms with Gasteiger partial charge >= 0.3 is 16.1 Å². The summed E-state index contributed by atoms with van der Waals surface area (Å²) in [7, 11) is -6.20. The van der Waals surface area contributed by atoms with Gasteiger partial charge in [-0.1, -0.05) is 42.1 Å². The molecule has 0 spiro atoms. The summed E-state index contributed by atoms with van der Waals surface area (Å²) in [6.45, 7) is 2.11. The highest BCUT2D eigenvalue weighted by molar-refractivity contribution is 7.38. The average molecular weight is 304 g/mol. The quantitative estimate of drug-likeness (QED) is 0.599. The van der Waals surface area contributed by atoms with E-state index in [4.69, 9.17) is 9.79 Å². The molecule has 1 aromatic carbocycles. The zero-order valence-corrected chi connectivity index (χ0v) is 13.1. The fourth-order valence-electron chi connectivity index (χ4n) is 1.94. The molecule has 0 saturated carbocycles. The summed E-state index contributed by atoms with van der Waals surface area (Å²) >= 11 is 0. The van der Waals surface area contributed by atoms with Crippen LogP contribution in [0.15, 0.2) is 30.3 Å². The molecular weight excluding hydrogens is 286 g/mol. The van der Waals surface area contributed by atoms with Gasteiger partial charge in [0.1, 0.15) is 0 Å². The first-order valence-corrected chi connectivity index (χ1v) is 11.5. The zero-order valence-electron chi connectivity index (χ0n) is 10.3. The molecule has 0 aliphatic rings. The lowest BCUT2D eigenvalue weighted by molar-refractivity contribution is 0.503. The van der Waals surface area contributed by atoms with Crippen LogP contribution in [-0.4, -0.2) is 30.2 Å². The van der Waals surface area contributed by atoms with Crippen LogP contribution in [-0.2, 0) is 9.13 Å². The van der Waals surface area contributed by atoms with E-state index in [0.29, 0.717) is 12.1 Å². The number of benzene rings is 1. The second-order valence-electron chi connectivity index (χ2n) is 4.58. The van der Waals surface area contributed by atoms with E-state index in [1.807, 2.05) is 30.3 Å². The molecule has 0 heterocycles. The van der Waals surface area contributed by atoms with Crippen LogP contribution in [0.4, 0.5) is 0 Å². The molecule has 7 heteroatoms. The monoisotopic (exact) mass is 304 g/mol. The van der Waals surface area contributed by atoms with Gasteiger partial charge in [0.25, 0.3) is 0 Å². The number of hydrogen-bond acceptors (Lipinski definition) is 2. The van der Waals surface area contributed by atoms with Crippen molar-refractivity contribution in [2.45, 2.75) is 18.6 Å². The van der Waals surface area contributed by atoms with E-state index < -0.39 is 24.1 Å². The summed E-state index contributed by atoms with van der Waals surface area (Å²) in [5.74, 6) is 0. The highest BCUT2D eigenvalue weighted by atomic mass is 31.1. The molecule has 0 radical (unpaired) electrons. The lowest BCUT2D eigenvalue weighted by Crippen LogP contribution is -2.45. The van der Waals surface area contributed by atoms with Crippen LogP contribution in [0.3, 0.4) is 0 Å². The largest absolute Gasteiger partial charge is 0.505 e. The molecule has 18 heavy (non-hydrogen) atoms. The van der Waals surface area contributed by atoms with Gasteiger partial charge in [-0.15, -0.1) is 0 Å². The Morgan fingerprint density at radius 3 is 1.83 bits per heavy atom. The van der Waals surface area contributed by atoms with Crippen LogP contribution >= 0.6 is 16.1 Å². The van der Waals surface area contributed by atoms with Crippen LogP contribution in [0.25, 0.3) is 0 Å². The molecule has 2 atom stereocenters. The highest BCUT2D eigenvalue weighted by Crippen LogP contribution is 2.27. The van der Waals surface area contributed by atoms with Crippen LogP contribution in [0, 0.1) is 0 Å². The Kier molecular flexibility index (Phi) is 6.26. The van der Waals surface area contributed by atoms with Gasteiger partial charge in [-0.05, 0) is 21.2 Å². The van der Waals surface area contributed by atoms with Crippen molar-refractivity contribution in [3.63, 3.8) is 0 Å². The standard InChI is InChI=1S/C11H16O4P2Si/c1-18(9-7-16(12)13,10-8-17(14)15)11-5-3-2-4-6-11/h2-6H,7-10H2,1H3/p+2. The van der Waals surface area contributed by atoms with Gasteiger partial charge in [0.05, 0.1) is 8.07 Å². The predicted octanol–water partition coefficient (Wildman–Crippen LogP) is 2.44. The molecule has 2 unspecified atom stereocenters. The normalized spacial score (nSPS) is 15.9. The van der Waals surface area contributed by atoms with Crippen molar-refractivity contribution in [3.05, 3.63) is 30.3 Å². The van der Waals surface area contributed by atoms with E-state index in [1.54, 1.807) is 0 Å². The number of rotatable bonds is 7. The minimum Gasteiger partial charge on any atom is -0.161 e. The zero-order chi connectivity index (χ0) is 13.6.